The molecule has 0 spiro atoms. The molecule has 5 nitrogen and oxygen atoms in total. The fraction of sp³-hybridized carbons (Fsp3) is 0.364. The number of hydrogen-bond donors (Lipinski definition) is 0. The van der Waals surface area contributed by atoms with Crippen LogP contribution in [0.25, 0.3) is 0 Å². The average Bonchev–Trinajstić information content (AvgIpc) is 2.28. The average molecular weight is 222 g/mol. The van der Waals surface area contributed by atoms with Crippen LogP contribution in [0.2, 0.25) is 0 Å². The number of rotatable bonds is 5. The van der Waals surface area contributed by atoms with Gasteiger partial charge in [0.2, 0.25) is 5.88 Å². The Balaban J connectivity index is 2.60. The summed E-state index contributed by atoms with van der Waals surface area (Å²) in [6, 6.07) is 0. The second-order valence-corrected chi connectivity index (χ2v) is 3.29. The van der Waals surface area contributed by atoms with Gasteiger partial charge in [0.05, 0.1) is 26.1 Å². The second-order valence-electron chi connectivity index (χ2n) is 3.29. The molecule has 0 atom stereocenters. The summed E-state index contributed by atoms with van der Waals surface area (Å²) in [5.74, 6) is -0.220. The van der Waals surface area contributed by atoms with Crippen molar-refractivity contribution in [2.24, 2.45) is 0 Å². The van der Waals surface area contributed by atoms with Gasteiger partial charge in [-0.2, -0.15) is 0 Å². The molecule has 1 heterocycles. The number of ether oxygens (including phenoxy) is 2. The van der Waals surface area contributed by atoms with Gasteiger partial charge in [-0.1, -0.05) is 5.57 Å². The molecule has 1 rings (SSSR count). The van der Waals surface area contributed by atoms with E-state index in [4.69, 9.17) is 4.74 Å². The highest BCUT2D eigenvalue weighted by Gasteiger charge is 2.08. The monoisotopic (exact) mass is 222 g/mol. The first-order chi connectivity index (χ1) is 7.63. The van der Waals surface area contributed by atoms with E-state index < -0.39 is 5.97 Å². The molecule has 0 aromatic carbocycles. The van der Waals surface area contributed by atoms with Crippen molar-refractivity contribution in [1.82, 2.24) is 9.97 Å². The predicted molar refractivity (Wildman–Crippen MR) is 58.3 cm³/mol. The summed E-state index contributed by atoms with van der Waals surface area (Å²) in [7, 11) is 1.29. The van der Waals surface area contributed by atoms with Crippen molar-refractivity contribution in [3.63, 3.8) is 0 Å². The van der Waals surface area contributed by atoms with Gasteiger partial charge >= 0.3 is 5.97 Å². The lowest BCUT2D eigenvalue weighted by molar-refractivity contribution is 0.0592. The van der Waals surface area contributed by atoms with E-state index in [0.717, 1.165) is 12.0 Å². The molecule has 0 aliphatic carbocycles. The van der Waals surface area contributed by atoms with Gasteiger partial charge in [0.25, 0.3) is 0 Å². The molecule has 0 fully saturated rings. The van der Waals surface area contributed by atoms with E-state index in [2.05, 4.69) is 21.3 Å². The lowest BCUT2D eigenvalue weighted by Gasteiger charge is -2.05. The van der Waals surface area contributed by atoms with Gasteiger partial charge in [0, 0.05) is 6.42 Å². The van der Waals surface area contributed by atoms with Gasteiger partial charge in [-0.15, -0.1) is 6.58 Å². The first-order valence-electron chi connectivity index (χ1n) is 4.81. The van der Waals surface area contributed by atoms with Crippen LogP contribution in [-0.4, -0.2) is 29.7 Å². The van der Waals surface area contributed by atoms with Crippen LogP contribution in [0.15, 0.2) is 24.5 Å². The third-order valence-corrected chi connectivity index (χ3v) is 1.79. The van der Waals surface area contributed by atoms with Crippen molar-refractivity contribution in [3.05, 3.63) is 30.2 Å². The molecule has 1 aromatic heterocycles. The first kappa shape index (κ1) is 12.2. The number of hydrogen-bond acceptors (Lipinski definition) is 5. The third-order valence-electron chi connectivity index (χ3n) is 1.79. The fourth-order valence-electron chi connectivity index (χ4n) is 0.950. The summed E-state index contributed by atoms with van der Waals surface area (Å²) in [5, 5.41) is 0. The van der Waals surface area contributed by atoms with Crippen molar-refractivity contribution < 1.29 is 14.3 Å². The number of methoxy groups -OCH3 is 1. The summed E-state index contributed by atoms with van der Waals surface area (Å²) in [6.07, 6.45) is 3.52. The van der Waals surface area contributed by atoms with Crippen LogP contribution in [0.1, 0.15) is 23.8 Å². The standard InChI is InChI=1S/C11H14N2O3/c1-8(2)4-5-16-10-7-12-6-9(13-10)11(14)15-3/h6-7H,1,4-5H2,2-3H3. The molecular weight excluding hydrogens is 208 g/mol. The highest BCUT2D eigenvalue weighted by atomic mass is 16.5. The summed E-state index contributed by atoms with van der Waals surface area (Å²) in [4.78, 5) is 18.9. The highest BCUT2D eigenvalue weighted by Crippen LogP contribution is 2.07. The summed E-state index contributed by atoms with van der Waals surface area (Å²) in [6.45, 7) is 6.14. The molecule has 1 aromatic rings. The maximum Gasteiger partial charge on any atom is 0.358 e. The molecule has 0 aliphatic heterocycles. The van der Waals surface area contributed by atoms with E-state index in [1.165, 1.54) is 19.5 Å². The van der Waals surface area contributed by atoms with E-state index in [1.807, 2.05) is 6.92 Å². The Kier molecular flexibility index (Phi) is 4.44. The van der Waals surface area contributed by atoms with Crippen LogP contribution in [0.4, 0.5) is 0 Å². The molecule has 86 valence electrons. The molecule has 0 unspecified atom stereocenters. The molecule has 5 heteroatoms. The number of aromatic nitrogens is 2. The molecule has 0 bridgehead atoms. The van der Waals surface area contributed by atoms with E-state index >= 15 is 0 Å². The summed E-state index contributed by atoms with van der Waals surface area (Å²) in [5.41, 5.74) is 1.16. The van der Waals surface area contributed by atoms with Crippen LogP contribution in [0.3, 0.4) is 0 Å². The minimum absolute atomic E-state index is 0.135. The lowest BCUT2D eigenvalue weighted by atomic mass is 10.3. The van der Waals surface area contributed by atoms with Gasteiger partial charge in [-0.25, -0.2) is 9.78 Å². The largest absolute Gasteiger partial charge is 0.476 e. The molecule has 0 amide bonds. The van der Waals surface area contributed by atoms with Crippen molar-refractivity contribution in [2.75, 3.05) is 13.7 Å². The number of esters is 1. The van der Waals surface area contributed by atoms with Crippen LogP contribution < -0.4 is 4.74 Å². The molecule has 0 N–H and O–H groups in total. The van der Waals surface area contributed by atoms with Crippen molar-refractivity contribution in [2.45, 2.75) is 13.3 Å². The second kappa shape index (κ2) is 5.85. The number of carbonyl (C=O) groups excluding carboxylic acids is 1. The summed E-state index contributed by atoms with van der Waals surface area (Å²) < 4.78 is 9.83. The van der Waals surface area contributed by atoms with Gasteiger partial charge in [0.1, 0.15) is 0 Å². The van der Waals surface area contributed by atoms with Gasteiger partial charge in [-0.3, -0.25) is 4.98 Å². The maximum absolute atomic E-state index is 11.2. The van der Waals surface area contributed by atoms with Gasteiger partial charge in [-0.05, 0) is 6.92 Å². The van der Waals surface area contributed by atoms with Crippen LogP contribution in [-0.2, 0) is 4.74 Å². The Morgan fingerprint density at radius 1 is 1.50 bits per heavy atom. The zero-order valence-electron chi connectivity index (χ0n) is 9.40. The van der Waals surface area contributed by atoms with E-state index in [1.54, 1.807) is 0 Å². The SMILES string of the molecule is C=C(C)CCOc1cncc(C(=O)OC)n1. The molecule has 0 radical (unpaired) electrons. The number of carbonyl (C=O) groups is 1. The predicted octanol–water partition coefficient (Wildman–Crippen LogP) is 1.61. The Morgan fingerprint density at radius 3 is 2.88 bits per heavy atom. The van der Waals surface area contributed by atoms with Gasteiger partial charge in [0.15, 0.2) is 5.69 Å². The lowest BCUT2D eigenvalue weighted by Crippen LogP contribution is -2.07. The zero-order chi connectivity index (χ0) is 12.0. The Labute approximate surface area is 94.1 Å². The smallest absolute Gasteiger partial charge is 0.358 e. The van der Waals surface area contributed by atoms with E-state index in [-0.39, 0.29) is 5.69 Å². The fourth-order valence-corrected chi connectivity index (χ4v) is 0.950. The van der Waals surface area contributed by atoms with Crippen molar-refractivity contribution in [3.8, 4) is 5.88 Å². The molecule has 0 saturated heterocycles. The maximum atomic E-state index is 11.2. The van der Waals surface area contributed by atoms with E-state index in [9.17, 15) is 4.79 Å². The molecular formula is C11H14N2O3. The third kappa shape index (κ3) is 3.68. The quantitative estimate of drug-likeness (QED) is 0.559. The first-order valence-corrected chi connectivity index (χ1v) is 4.81. The Morgan fingerprint density at radius 2 is 2.25 bits per heavy atom. The Bertz CT molecular complexity index is 391. The van der Waals surface area contributed by atoms with Crippen LogP contribution >= 0.6 is 0 Å². The normalized spacial score (nSPS) is 9.62. The van der Waals surface area contributed by atoms with Crippen LogP contribution in [0, 0.1) is 0 Å². The molecule has 0 aliphatic rings. The summed E-state index contributed by atoms with van der Waals surface area (Å²) >= 11 is 0. The van der Waals surface area contributed by atoms with Gasteiger partial charge < -0.3 is 9.47 Å². The van der Waals surface area contributed by atoms with Crippen molar-refractivity contribution in [1.29, 1.82) is 0 Å². The van der Waals surface area contributed by atoms with E-state index in [0.29, 0.717) is 12.5 Å². The minimum Gasteiger partial charge on any atom is -0.476 e. The highest BCUT2D eigenvalue weighted by molar-refractivity contribution is 5.86. The minimum atomic E-state index is -0.530. The topological polar surface area (TPSA) is 61.3 Å². The molecule has 16 heavy (non-hydrogen) atoms. The van der Waals surface area contributed by atoms with Crippen molar-refractivity contribution >= 4 is 5.97 Å². The number of nitrogens with zero attached hydrogens (tertiary/aromatic N) is 2. The Hall–Kier alpha value is -1.91. The molecule has 0 saturated carbocycles. The van der Waals surface area contributed by atoms with Crippen LogP contribution in [0.5, 0.6) is 5.88 Å². The zero-order valence-corrected chi connectivity index (χ0v) is 9.40.